The van der Waals surface area contributed by atoms with Gasteiger partial charge in [-0.05, 0) is 26.2 Å². The molecule has 0 aliphatic carbocycles. The molecule has 0 fully saturated rings. The first-order valence-corrected chi connectivity index (χ1v) is 6.90. The van der Waals surface area contributed by atoms with Crippen molar-refractivity contribution in [3.8, 4) is 0 Å². The van der Waals surface area contributed by atoms with Gasteiger partial charge in [0.25, 0.3) is 0 Å². The first-order valence-electron chi connectivity index (χ1n) is 6.90. The molecule has 0 saturated carbocycles. The molecule has 1 rings (SSSR count). The summed E-state index contributed by atoms with van der Waals surface area (Å²) >= 11 is 0. The van der Waals surface area contributed by atoms with Crippen LogP contribution in [0.5, 0.6) is 0 Å². The number of nitrogens with zero attached hydrogens (tertiary/aromatic N) is 3. The van der Waals surface area contributed by atoms with Crippen molar-refractivity contribution in [2.24, 2.45) is 5.92 Å². The summed E-state index contributed by atoms with van der Waals surface area (Å²) in [6.45, 7) is 10.7. The Bertz CT molecular complexity index is 442. The van der Waals surface area contributed by atoms with E-state index in [1.165, 1.54) is 0 Å². The Hall–Kier alpha value is -1.59. The second-order valence-electron chi connectivity index (χ2n) is 5.08. The first-order chi connectivity index (χ1) is 8.92. The van der Waals surface area contributed by atoms with E-state index in [0.29, 0.717) is 24.0 Å². The number of hydrogen-bond donors (Lipinski definition) is 1. The molecule has 1 heterocycles. The predicted octanol–water partition coefficient (Wildman–Crippen LogP) is 3.36. The zero-order valence-electron chi connectivity index (χ0n) is 12.4. The van der Waals surface area contributed by atoms with Gasteiger partial charge in [-0.3, -0.25) is 10.1 Å². The highest BCUT2D eigenvalue weighted by molar-refractivity contribution is 5.60. The standard InChI is InChI=1S/C13H24N4O2/c1-6-8-16-13(14-10(4)9(3)7-2)12(17(18)19)11(5)15-16/h9-10,14H,6-8H2,1-5H3. The predicted molar refractivity (Wildman–Crippen MR) is 76.4 cm³/mol. The largest absolute Gasteiger partial charge is 0.362 e. The van der Waals surface area contributed by atoms with Crippen LogP contribution >= 0.6 is 0 Å². The van der Waals surface area contributed by atoms with Gasteiger partial charge in [0.2, 0.25) is 5.82 Å². The zero-order chi connectivity index (χ0) is 14.6. The van der Waals surface area contributed by atoms with Crippen LogP contribution in [0.3, 0.4) is 0 Å². The fourth-order valence-electron chi connectivity index (χ4n) is 2.02. The van der Waals surface area contributed by atoms with Crippen LogP contribution in [0.25, 0.3) is 0 Å². The Morgan fingerprint density at radius 2 is 2.05 bits per heavy atom. The summed E-state index contributed by atoms with van der Waals surface area (Å²) in [6.07, 6.45) is 1.92. The Labute approximate surface area is 114 Å². The van der Waals surface area contributed by atoms with Gasteiger partial charge in [0.05, 0.1) is 4.92 Å². The lowest BCUT2D eigenvalue weighted by Crippen LogP contribution is -2.25. The molecule has 0 spiro atoms. The van der Waals surface area contributed by atoms with E-state index in [4.69, 9.17) is 0 Å². The molecule has 1 N–H and O–H groups in total. The molecule has 19 heavy (non-hydrogen) atoms. The topological polar surface area (TPSA) is 73.0 Å². The second-order valence-corrected chi connectivity index (χ2v) is 5.08. The van der Waals surface area contributed by atoms with Crippen LogP contribution in [0.15, 0.2) is 0 Å². The van der Waals surface area contributed by atoms with Crippen molar-refractivity contribution < 1.29 is 4.92 Å². The lowest BCUT2D eigenvalue weighted by molar-refractivity contribution is -0.384. The molecule has 2 unspecified atom stereocenters. The lowest BCUT2D eigenvalue weighted by atomic mass is 10.0. The highest BCUT2D eigenvalue weighted by atomic mass is 16.6. The molecule has 0 bridgehead atoms. The molecule has 0 aliphatic rings. The summed E-state index contributed by atoms with van der Waals surface area (Å²) < 4.78 is 1.71. The molecule has 6 heteroatoms. The quantitative estimate of drug-likeness (QED) is 0.608. The SMILES string of the molecule is CCCn1nc(C)c([N+](=O)[O-])c1NC(C)C(C)CC. The van der Waals surface area contributed by atoms with Gasteiger partial charge in [-0.1, -0.05) is 27.2 Å². The summed E-state index contributed by atoms with van der Waals surface area (Å²) in [5.74, 6) is 0.988. The van der Waals surface area contributed by atoms with Crippen molar-refractivity contribution in [3.05, 3.63) is 15.8 Å². The molecule has 1 aromatic rings. The zero-order valence-corrected chi connectivity index (χ0v) is 12.4. The first kappa shape index (κ1) is 15.5. The molecule has 0 saturated heterocycles. The van der Waals surface area contributed by atoms with E-state index in [0.717, 1.165) is 12.8 Å². The average Bonchev–Trinajstić information content (AvgIpc) is 2.65. The van der Waals surface area contributed by atoms with Crippen molar-refractivity contribution in [3.63, 3.8) is 0 Å². The fraction of sp³-hybridized carbons (Fsp3) is 0.769. The van der Waals surface area contributed by atoms with Crippen LogP contribution in [0.1, 0.15) is 46.2 Å². The summed E-state index contributed by atoms with van der Waals surface area (Å²) in [5.41, 5.74) is 0.570. The third-order valence-electron chi connectivity index (χ3n) is 3.58. The Kier molecular flexibility index (Phi) is 5.32. The van der Waals surface area contributed by atoms with Crippen LogP contribution in [-0.4, -0.2) is 20.7 Å². The van der Waals surface area contributed by atoms with E-state index >= 15 is 0 Å². The minimum absolute atomic E-state index is 0.101. The van der Waals surface area contributed by atoms with Gasteiger partial charge in [0.1, 0.15) is 5.69 Å². The Morgan fingerprint density at radius 3 is 2.53 bits per heavy atom. The van der Waals surface area contributed by atoms with Gasteiger partial charge in [0, 0.05) is 12.6 Å². The van der Waals surface area contributed by atoms with Crippen LogP contribution in [0, 0.1) is 23.0 Å². The average molecular weight is 268 g/mol. The molecule has 2 atom stereocenters. The molecule has 0 aromatic carbocycles. The minimum atomic E-state index is -0.347. The molecular formula is C13H24N4O2. The van der Waals surface area contributed by atoms with Crippen LogP contribution in [-0.2, 0) is 6.54 Å². The van der Waals surface area contributed by atoms with Crippen molar-refractivity contribution >= 4 is 11.5 Å². The highest BCUT2D eigenvalue weighted by Gasteiger charge is 2.26. The van der Waals surface area contributed by atoms with E-state index in [-0.39, 0.29) is 16.7 Å². The third-order valence-corrected chi connectivity index (χ3v) is 3.58. The summed E-state index contributed by atoms with van der Waals surface area (Å²) in [4.78, 5) is 10.8. The van der Waals surface area contributed by atoms with Crippen molar-refractivity contribution in [1.29, 1.82) is 0 Å². The number of hydrogen-bond acceptors (Lipinski definition) is 4. The fourth-order valence-corrected chi connectivity index (χ4v) is 2.02. The summed E-state index contributed by atoms with van der Waals surface area (Å²) in [7, 11) is 0. The van der Waals surface area contributed by atoms with Crippen molar-refractivity contribution in [1.82, 2.24) is 9.78 Å². The smallest absolute Gasteiger partial charge is 0.333 e. The van der Waals surface area contributed by atoms with Gasteiger partial charge < -0.3 is 5.32 Å². The number of nitro groups is 1. The van der Waals surface area contributed by atoms with Crippen molar-refractivity contribution in [2.45, 2.75) is 60.0 Å². The Balaban J connectivity index is 3.11. The molecule has 0 amide bonds. The Morgan fingerprint density at radius 1 is 1.42 bits per heavy atom. The molecule has 6 nitrogen and oxygen atoms in total. The van der Waals surface area contributed by atoms with Crippen LogP contribution in [0.2, 0.25) is 0 Å². The summed E-state index contributed by atoms with van der Waals surface area (Å²) in [5, 5.41) is 18.7. The normalized spacial score (nSPS) is 14.2. The molecule has 0 radical (unpaired) electrons. The maximum atomic E-state index is 11.2. The van der Waals surface area contributed by atoms with E-state index in [1.54, 1.807) is 11.6 Å². The third kappa shape index (κ3) is 3.45. The maximum absolute atomic E-state index is 11.2. The number of rotatable bonds is 7. The highest BCUT2D eigenvalue weighted by Crippen LogP contribution is 2.30. The van der Waals surface area contributed by atoms with Gasteiger partial charge in [-0.15, -0.1) is 0 Å². The van der Waals surface area contributed by atoms with E-state index in [9.17, 15) is 10.1 Å². The number of aromatic nitrogens is 2. The second kappa shape index (κ2) is 6.54. The number of nitrogens with one attached hydrogen (secondary N) is 1. The molecular weight excluding hydrogens is 244 g/mol. The van der Waals surface area contributed by atoms with Gasteiger partial charge in [-0.2, -0.15) is 5.10 Å². The van der Waals surface area contributed by atoms with Crippen molar-refractivity contribution in [2.75, 3.05) is 5.32 Å². The minimum Gasteiger partial charge on any atom is -0.362 e. The van der Waals surface area contributed by atoms with Gasteiger partial charge in [0.15, 0.2) is 0 Å². The molecule has 1 aromatic heterocycles. The molecule has 108 valence electrons. The lowest BCUT2D eigenvalue weighted by Gasteiger charge is -2.21. The van der Waals surface area contributed by atoms with E-state index in [1.807, 2.05) is 6.92 Å². The maximum Gasteiger partial charge on any atom is 0.333 e. The van der Waals surface area contributed by atoms with Crippen LogP contribution < -0.4 is 5.32 Å². The van der Waals surface area contributed by atoms with E-state index in [2.05, 4.69) is 31.2 Å². The molecule has 0 aliphatic heterocycles. The monoisotopic (exact) mass is 268 g/mol. The summed E-state index contributed by atoms with van der Waals surface area (Å²) in [6, 6.07) is 0.176. The van der Waals surface area contributed by atoms with Crippen LogP contribution in [0.4, 0.5) is 11.5 Å². The number of aryl methyl sites for hydroxylation is 2. The van der Waals surface area contributed by atoms with E-state index < -0.39 is 0 Å². The van der Waals surface area contributed by atoms with Gasteiger partial charge >= 0.3 is 5.69 Å². The van der Waals surface area contributed by atoms with Gasteiger partial charge in [-0.25, -0.2) is 4.68 Å². The number of anilines is 1.